The first-order valence-corrected chi connectivity index (χ1v) is 6.72. The molecule has 0 bridgehead atoms. The van der Waals surface area contributed by atoms with Crippen molar-refractivity contribution in [2.75, 3.05) is 19.7 Å². The third kappa shape index (κ3) is 2.58. The molecule has 1 saturated heterocycles. The van der Waals surface area contributed by atoms with E-state index in [1.807, 2.05) is 20.0 Å². The van der Waals surface area contributed by atoms with Gasteiger partial charge in [-0.15, -0.1) is 0 Å². The molecule has 100 valence electrons. The van der Waals surface area contributed by atoms with Gasteiger partial charge >= 0.3 is 6.09 Å². The normalized spacial score (nSPS) is 16.9. The maximum absolute atomic E-state index is 11.6. The molecule has 1 aromatic rings. The predicted octanol–water partition coefficient (Wildman–Crippen LogP) is 2.65. The van der Waals surface area contributed by atoms with Crippen LogP contribution < -0.4 is 0 Å². The summed E-state index contributed by atoms with van der Waals surface area (Å²) < 4.78 is 7.92. The number of piperidine rings is 1. The lowest BCUT2D eigenvalue weighted by atomic mass is 10.1. The first kappa shape index (κ1) is 13.1. The van der Waals surface area contributed by atoms with E-state index in [-0.39, 0.29) is 6.09 Å². The zero-order chi connectivity index (χ0) is 13.1. The molecular formula is C12H19N3O2S. The highest BCUT2D eigenvalue weighted by Crippen LogP contribution is 2.24. The average Bonchev–Trinajstić information content (AvgIpc) is 2.70. The van der Waals surface area contributed by atoms with E-state index in [9.17, 15) is 4.79 Å². The molecular weight excluding hydrogens is 250 g/mol. The van der Waals surface area contributed by atoms with Gasteiger partial charge in [-0.1, -0.05) is 0 Å². The third-order valence-electron chi connectivity index (χ3n) is 3.36. The van der Waals surface area contributed by atoms with E-state index >= 15 is 0 Å². The number of rotatable bonds is 2. The molecule has 1 aliphatic heterocycles. The van der Waals surface area contributed by atoms with Crippen LogP contribution in [0.2, 0.25) is 0 Å². The summed E-state index contributed by atoms with van der Waals surface area (Å²) in [6.45, 7) is 5.77. The Balaban J connectivity index is 1.99. The number of likely N-dealkylation sites (tertiary alicyclic amines) is 1. The van der Waals surface area contributed by atoms with Gasteiger partial charge in [0.2, 0.25) is 0 Å². The van der Waals surface area contributed by atoms with Crippen LogP contribution in [-0.4, -0.2) is 40.2 Å². The van der Waals surface area contributed by atoms with Crippen LogP contribution in [0.3, 0.4) is 0 Å². The summed E-state index contributed by atoms with van der Waals surface area (Å²) in [5, 5.41) is 0. The van der Waals surface area contributed by atoms with Crippen LogP contribution in [0, 0.1) is 11.7 Å². The molecule has 1 N–H and O–H groups in total. The maximum atomic E-state index is 11.6. The smallest absolute Gasteiger partial charge is 0.409 e. The van der Waals surface area contributed by atoms with E-state index in [0.717, 1.165) is 36.4 Å². The number of nitrogens with zero attached hydrogens (tertiary/aromatic N) is 2. The van der Waals surface area contributed by atoms with Crippen LogP contribution in [0.1, 0.15) is 31.5 Å². The van der Waals surface area contributed by atoms with Crippen molar-refractivity contribution < 1.29 is 9.53 Å². The maximum Gasteiger partial charge on any atom is 0.409 e. The first-order valence-electron chi connectivity index (χ1n) is 6.31. The van der Waals surface area contributed by atoms with E-state index in [2.05, 4.69) is 9.55 Å². The molecule has 0 saturated carbocycles. The number of aromatic nitrogens is 2. The van der Waals surface area contributed by atoms with Gasteiger partial charge in [0.05, 0.1) is 6.61 Å². The van der Waals surface area contributed by atoms with Gasteiger partial charge in [0, 0.05) is 31.0 Å². The van der Waals surface area contributed by atoms with Crippen LogP contribution in [0.25, 0.3) is 0 Å². The number of carbonyl (C=O) groups excluding carboxylic acids is 1. The Morgan fingerprint density at radius 2 is 2.22 bits per heavy atom. The summed E-state index contributed by atoms with van der Waals surface area (Å²) in [6.07, 6.45) is 3.57. The van der Waals surface area contributed by atoms with Crippen molar-refractivity contribution in [2.24, 2.45) is 0 Å². The highest BCUT2D eigenvalue weighted by molar-refractivity contribution is 7.71. The Morgan fingerprint density at radius 3 is 2.72 bits per heavy atom. The Labute approximate surface area is 112 Å². The van der Waals surface area contributed by atoms with Gasteiger partial charge in [0.1, 0.15) is 0 Å². The standard InChI is InChI=1S/C12H19N3O2S/c1-3-17-12(16)14-6-4-10(5-7-14)15-9(2)8-13-11(15)18/h8,10H,3-7H2,1-2H3,(H,13,18). The predicted molar refractivity (Wildman–Crippen MR) is 71.2 cm³/mol. The number of hydrogen-bond acceptors (Lipinski definition) is 3. The largest absolute Gasteiger partial charge is 0.450 e. The topological polar surface area (TPSA) is 50.3 Å². The van der Waals surface area contributed by atoms with E-state index in [1.54, 1.807) is 4.90 Å². The lowest BCUT2D eigenvalue weighted by Gasteiger charge is -2.32. The van der Waals surface area contributed by atoms with Crippen molar-refractivity contribution in [1.29, 1.82) is 0 Å². The van der Waals surface area contributed by atoms with Gasteiger partial charge in [-0.25, -0.2) is 4.79 Å². The van der Waals surface area contributed by atoms with E-state index < -0.39 is 0 Å². The fraction of sp³-hybridized carbons (Fsp3) is 0.667. The molecule has 1 aromatic heterocycles. The number of imidazole rings is 1. The van der Waals surface area contributed by atoms with Crippen LogP contribution in [0.5, 0.6) is 0 Å². The lowest BCUT2D eigenvalue weighted by Crippen LogP contribution is -2.39. The van der Waals surface area contributed by atoms with Crippen molar-refractivity contribution in [3.05, 3.63) is 16.7 Å². The highest BCUT2D eigenvalue weighted by atomic mass is 32.1. The van der Waals surface area contributed by atoms with Crippen LogP contribution in [0.4, 0.5) is 4.79 Å². The molecule has 0 aliphatic carbocycles. The van der Waals surface area contributed by atoms with Gasteiger partial charge in [0.25, 0.3) is 0 Å². The van der Waals surface area contributed by atoms with Crippen LogP contribution in [-0.2, 0) is 4.74 Å². The summed E-state index contributed by atoms with van der Waals surface area (Å²) in [5.41, 5.74) is 1.15. The molecule has 5 nitrogen and oxygen atoms in total. The van der Waals surface area contributed by atoms with Gasteiger partial charge in [-0.2, -0.15) is 0 Å². The molecule has 18 heavy (non-hydrogen) atoms. The SMILES string of the molecule is CCOC(=O)N1CCC(n2c(C)c[nH]c2=S)CC1. The van der Waals surface area contributed by atoms with Gasteiger partial charge < -0.3 is 19.2 Å². The number of amides is 1. The minimum Gasteiger partial charge on any atom is -0.450 e. The number of ether oxygens (including phenoxy) is 1. The minimum atomic E-state index is -0.203. The monoisotopic (exact) mass is 269 g/mol. The van der Waals surface area contributed by atoms with Gasteiger partial charge in [0.15, 0.2) is 4.77 Å². The number of nitrogens with one attached hydrogen (secondary N) is 1. The average molecular weight is 269 g/mol. The molecule has 6 heteroatoms. The number of aromatic amines is 1. The Morgan fingerprint density at radius 1 is 1.56 bits per heavy atom. The molecule has 0 atom stereocenters. The summed E-state index contributed by atoms with van der Waals surface area (Å²) in [4.78, 5) is 16.4. The van der Waals surface area contributed by atoms with E-state index in [4.69, 9.17) is 17.0 Å². The van der Waals surface area contributed by atoms with Gasteiger partial charge in [-0.3, -0.25) is 0 Å². The van der Waals surface area contributed by atoms with Gasteiger partial charge in [-0.05, 0) is 38.9 Å². The number of aryl methyl sites for hydroxylation is 1. The third-order valence-corrected chi connectivity index (χ3v) is 3.67. The fourth-order valence-corrected chi connectivity index (χ4v) is 2.79. The molecule has 1 aliphatic rings. The van der Waals surface area contributed by atoms with Crippen molar-refractivity contribution in [3.8, 4) is 0 Å². The van der Waals surface area contributed by atoms with Crippen molar-refractivity contribution >= 4 is 18.3 Å². The van der Waals surface area contributed by atoms with Crippen LogP contribution >= 0.6 is 12.2 Å². The van der Waals surface area contributed by atoms with Crippen molar-refractivity contribution in [2.45, 2.75) is 32.7 Å². The minimum absolute atomic E-state index is 0.203. The number of carbonyl (C=O) groups is 1. The molecule has 0 aromatic carbocycles. The zero-order valence-electron chi connectivity index (χ0n) is 10.8. The Kier molecular flexibility index (Phi) is 4.06. The van der Waals surface area contributed by atoms with E-state index in [0.29, 0.717) is 12.6 Å². The van der Waals surface area contributed by atoms with Crippen LogP contribution in [0.15, 0.2) is 6.20 Å². The number of hydrogen-bond donors (Lipinski definition) is 1. The quantitative estimate of drug-likeness (QED) is 0.840. The Hall–Kier alpha value is -1.30. The second-order valence-electron chi connectivity index (χ2n) is 4.52. The summed E-state index contributed by atoms with van der Waals surface area (Å²) in [6, 6.07) is 0.384. The van der Waals surface area contributed by atoms with Crippen molar-refractivity contribution in [3.63, 3.8) is 0 Å². The van der Waals surface area contributed by atoms with Crippen molar-refractivity contribution in [1.82, 2.24) is 14.5 Å². The molecule has 1 fully saturated rings. The lowest BCUT2D eigenvalue weighted by molar-refractivity contribution is 0.0924. The second kappa shape index (κ2) is 5.56. The first-order chi connectivity index (χ1) is 8.63. The molecule has 0 unspecified atom stereocenters. The summed E-state index contributed by atoms with van der Waals surface area (Å²) in [7, 11) is 0. The molecule has 2 heterocycles. The van der Waals surface area contributed by atoms with E-state index in [1.165, 1.54) is 0 Å². The fourth-order valence-electron chi connectivity index (χ4n) is 2.44. The summed E-state index contributed by atoms with van der Waals surface area (Å²) >= 11 is 5.28. The Bertz CT molecular complexity index is 472. The molecule has 1 amide bonds. The summed E-state index contributed by atoms with van der Waals surface area (Å²) in [5.74, 6) is 0. The second-order valence-corrected chi connectivity index (χ2v) is 4.91. The molecule has 0 spiro atoms. The zero-order valence-corrected chi connectivity index (χ0v) is 11.6. The molecule has 2 rings (SSSR count). The number of H-pyrrole nitrogens is 1. The molecule has 0 radical (unpaired) electrons. The highest BCUT2D eigenvalue weighted by Gasteiger charge is 2.25.